The summed E-state index contributed by atoms with van der Waals surface area (Å²) in [6, 6.07) is 1.73. The number of rotatable bonds is 2. The third-order valence-corrected chi connectivity index (χ3v) is 11.7. The molecule has 2 aliphatic rings. The summed E-state index contributed by atoms with van der Waals surface area (Å²) in [5, 5.41) is 5.33. The van der Waals surface area contributed by atoms with E-state index in [1.165, 1.54) is 22.5 Å². The van der Waals surface area contributed by atoms with Crippen LogP contribution in [-0.4, -0.2) is 44.1 Å². The van der Waals surface area contributed by atoms with Crippen molar-refractivity contribution in [3.8, 4) is 0 Å². The maximum Gasteiger partial charge on any atom is 0.260 e. The van der Waals surface area contributed by atoms with Crippen LogP contribution in [0.1, 0.15) is 61.1 Å². The van der Waals surface area contributed by atoms with Crippen molar-refractivity contribution in [2.45, 2.75) is 89.4 Å². The van der Waals surface area contributed by atoms with Gasteiger partial charge in [0.15, 0.2) is 0 Å². The fourth-order valence-corrected chi connectivity index (χ4v) is 8.00. The molecule has 0 radical (unpaired) electrons. The summed E-state index contributed by atoms with van der Waals surface area (Å²) in [7, 11) is 0. The van der Waals surface area contributed by atoms with Gasteiger partial charge < -0.3 is 27.5 Å². The number of hydrogen-bond donors (Lipinski definition) is 5. The van der Waals surface area contributed by atoms with E-state index < -0.39 is 0 Å². The molecule has 212 valence electrons. The van der Waals surface area contributed by atoms with Crippen LogP contribution in [0.5, 0.6) is 0 Å². The zero-order chi connectivity index (χ0) is 28.1. The molecule has 9 nitrogen and oxygen atoms in total. The Balaban J connectivity index is 0.000000150. The summed E-state index contributed by atoms with van der Waals surface area (Å²) in [4.78, 5) is 30.8. The first-order valence-electron chi connectivity index (χ1n) is 13.2. The summed E-state index contributed by atoms with van der Waals surface area (Å²) >= 11 is 10.2. The summed E-state index contributed by atoms with van der Waals surface area (Å²) in [6.07, 6.45) is 12.0. The highest BCUT2D eigenvalue weighted by Crippen LogP contribution is 2.38. The number of aromatic nitrogens is 4. The molecule has 0 amide bonds. The van der Waals surface area contributed by atoms with E-state index in [0.29, 0.717) is 29.6 Å². The van der Waals surface area contributed by atoms with Crippen LogP contribution in [0.15, 0.2) is 26.4 Å². The number of H-pyrrole nitrogens is 1. The van der Waals surface area contributed by atoms with Gasteiger partial charge in [-0.15, -0.1) is 22.7 Å². The van der Waals surface area contributed by atoms with Crippen LogP contribution in [-0.2, 0) is 0 Å². The van der Waals surface area contributed by atoms with Crippen molar-refractivity contribution in [2.24, 2.45) is 17.2 Å². The SMILES string of the molecule is Cc1sc2nc[nH]c(=O)c2c1Br.Cc1sc2ncnc(NC3CCC(N)CC3)c2c1Br.NC1CCC(N)CC1. The lowest BCUT2D eigenvalue weighted by Gasteiger charge is -2.27. The molecule has 8 N–H and O–H groups in total. The highest BCUT2D eigenvalue weighted by molar-refractivity contribution is 9.11. The fourth-order valence-electron chi connectivity index (χ4n) is 4.74. The van der Waals surface area contributed by atoms with Crippen LogP contribution in [0.2, 0.25) is 0 Å². The van der Waals surface area contributed by atoms with Gasteiger partial charge in [-0.25, -0.2) is 15.0 Å². The monoisotopic (exact) mass is 698 g/mol. The number of nitrogens with two attached hydrogens (primary N) is 3. The van der Waals surface area contributed by atoms with Crippen LogP contribution >= 0.6 is 54.5 Å². The van der Waals surface area contributed by atoms with Gasteiger partial charge in [-0.2, -0.15) is 0 Å². The van der Waals surface area contributed by atoms with Crippen LogP contribution in [0, 0.1) is 13.8 Å². The molecule has 2 saturated carbocycles. The second-order valence-corrected chi connectivity index (χ2v) is 14.2. The fraction of sp³-hybridized carbons (Fsp3) is 0.538. The maximum absolute atomic E-state index is 11.3. The smallest absolute Gasteiger partial charge is 0.260 e. The molecule has 2 fully saturated rings. The summed E-state index contributed by atoms with van der Waals surface area (Å²) < 4.78 is 1.97. The number of fused-ring (bicyclic) bond motifs is 2. The van der Waals surface area contributed by atoms with Crippen LogP contribution in [0.4, 0.5) is 5.82 Å². The summed E-state index contributed by atoms with van der Waals surface area (Å²) in [6.45, 7) is 4.05. The molecule has 0 atom stereocenters. The molecule has 0 aliphatic heterocycles. The van der Waals surface area contributed by atoms with E-state index in [0.717, 1.165) is 86.1 Å². The van der Waals surface area contributed by atoms with Gasteiger partial charge >= 0.3 is 0 Å². The van der Waals surface area contributed by atoms with Gasteiger partial charge in [0, 0.05) is 42.9 Å². The van der Waals surface area contributed by atoms with Gasteiger partial charge in [0.1, 0.15) is 21.8 Å². The van der Waals surface area contributed by atoms with Crippen LogP contribution in [0.3, 0.4) is 0 Å². The molecule has 4 aromatic heterocycles. The van der Waals surface area contributed by atoms with Crippen LogP contribution in [0.25, 0.3) is 20.4 Å². The van der Waals surface area contributed by atoms with Crippen molar-refractivity contribution in [2.75, 3.05) is 5.32 Å². The second kappa shape index (κ2) is 13.9. The number of thiophene rings is 2. The molecule has 0 aromatic carbocycles. The minimum atomic E-state index is -0.0868. The number of halogens is 2. The molecule has 6 rings (SSSR count). The Labute approximate surface area is 253 Å². The van der Waals surface area contributed by atoms with Crippen molar-refractivity contribution in [1.29, 1.82) is 0 Å². The van der Waals surface area contributed by atoms with Gasteiger partial charge in [0.25, 0.3) is 5.56 Å². The molecule has 2 aliphatic carbocycles. The minimum absolute atomic E-state index is 0.0868. The van der Waals surface area contributed by atoms with Gasteiger partial charge in [-0.1, -0.05) is 0 Å². The summed E-state index contributed by atoms with van der Waals surface area (Å²) in [5.74, 6) is 0.946. The Morgan fingerprint density at radius 1 is 0.795 bits per heavy atom. The van der Waals surface area contributed by atoms with E-state index in [1.807, 2.05) is 6.92 Å². The highest BCUT2D eigenvalue weighted by Gasteiger charge is 2.21. The largest absolute Gasteiger partial charge is 0.367 e. The number of nitrogens with one attached hydrogen (secondary N) is 2. The van der Waals surface area contributed by atoms with E-state index in [-0.39, 0.29) is 5.56 Å². The van der Waals surface area contributed by atoms with E-state index in [9.17, 15) is 4.79 Å². The van der Waals surface area contributed by atoms with Gasteiger partial charge in [-0.05, 0) is 97.1 Å². The number of aromatic amines is 1. The molecule has 0 bridgehead atoms. The van der Waals surface area contributed by atoms with E-state index >= 15 is 0 Å². The molecule has 0 saturated heterocycles. The summed E-state index contributed by atoms with van der Waals surface area (Å²) in [5.41, 5.74) is 17.1. The predicted octanol–water partition coefficient (Wildman–Crippen LogP) is 5.71. The Hall–Kier alpha value is -1.48. The Kier molecular flexibility index (Phi) is 10.9. The molecule has 0 spiro atoms. The zero-order valence-electron chi connectivity index (χ0n) is 22.2. The lowest BCUT2D eigenvalue weighted by Crippen LogP contribution is -2.33. The normalized spacial score (nSPS) is 23.1. The second-order valence-electron chi connectivity index (χ2n) is 10.2. The van der Waals surface area contributed by atoms with Crippen molar-refractivity contribution >= 4 is 80.8 Å². The van der Waals surface area contributed by atoms with Gasteiger partial charge in [0.2, 0.25) is 0 Å². The Morgan fingerprint density at radius 2 is 1.28 bits per heavy atom. The molecule has 39 heavy (non-hydrogen) atoms. The number of hydrogen-bond acceptors (Lipinski definition) is 10. The lowest BCUT2D eigenvalue weighted by atomic mass is 9.92. The van der Waals surface area contributed by atoms with Crippen molar-refractivity contribution < 1.29 is 0 Å². The molecular formula is C26H36Br2N8OS2. The first-order valence-corrected chi connectivity index (χ1v) is 16.4. The molecule has 13 heteroatoms. The topological polar surface area (TPSA) is 162 Å². The van der Waals surface area contributed by atoms with E-state index in [4.69, 9.17) is 17.2 Å². The standard InChI is InChI=1S/C13H17BrN4S.C7H5BrN2OS.C6H14N2/c1-7-11(14)10-12(16-6-17-13(10)19-7)18-9-4-2-8(15)3-5-9;1-3-5(8)4-6(11)9-2-10-7(4)12-3;7-5-1-2-6(8)4-3-5/h6,8-9H,2-5,15H2,1H3,(H,16,17,18);2H,1H3,(H,9,10,11);5-6H,1-4,7-8H2. The van der Waals surface area contributed by atoms with Crippen LogP contribution < -0.4 is 28.1 Å². The zero-order valence-corrected chi connectivity index (χ0v) is 27.0. The highest BCUT2D eigenvalue weighted by atomic mass is 79.9. The predicted molar refractivity (Wildman–Crippen MR) is 171 cm³/mol. The average molecular weight is 701 g/mol. The van der Waals surface area contributed by atoms with Gasteiger partial charge in [-0.3, -0.25) is 4.79 Å². The first kappa shape index (κ1) is 30.5. The van der Waals surface area contributed by atoms with E-state index in [2.05, 4.69) is 64.0 Å². The van der Waals surface area contributed by atoms with Crippen molar-refractivity contribution in [3.05, 3.63) is 41.7 Å². The third-order valence-electron chi connectivity index (χ3n) is 7.12. The lowest BCUT2D eigenvalue weighted by molar-refractivity contribution is 0.395. The number of anilines is 1. The number of nitrogens with zero attached hydrogens (tertiary/aromatic N) is 3. The van der Waals surface area contributed by atoms with Crippen molar-refractivity contribution in [1.82, 2.24) is 19.9 Å². The maximum atomic E-state index is 11.3. The third kappa shape index (κ3) is 7.84. The first-order chi connectivity index (χ1) is 18.6. The molecule has 4 aromatic rings. The molecular weight excluding hydrogens is 664 g/mol. The molecule has 0 unspecified atom stereocenters. The van der Waals surface area contributed by atoms with E-state index in [1.54, 1.807) is 17.7 Å². The van der Waals surface area contributed by atoms with Crippen molar-refractivity contribution in [3.63, 3.8) is 0 Å². The van der Waals surface area contributed by atoms with Gasteiger partial charge in [0.05, 0.1) is 17.1 Å². The minimum Gasteiger partial charge on any atom is -0.367 e. The number of aryl methyl sites for hydroxylation is 2. The quantitative estimate of drug-likeness (QED) is 0.178. The molecule has 4 heterocycles. The average Bonchev–Trinajstić information content (AvgIpc) is 3.38. The Morgan fingerprint density at radius 3 is 1.82 bits per heavy atom. The Bertz CT molecular complexity index is 1430.